The predicted molar refractivity (Wildman–Crippen MR) is 52.7 cm³/mol. The number of carbonyl (C=O) groups is 1. The van der Waals surface area contributed by atoms with E-state index in [2.05, 4.69) is 17.6 Å². The first-order valence-corrected chi connectivity index (χ1v) is 5.04. The molecule has 0 aromatic rings. The summed E-state index contributed by atoms with van der Waals surface area (Å²) in [6.45, 7) is 7.49. The van der Waals surface area contributed by atoms with E-state index in [1.807, 2.05) is 11.8 Å². The van der Waals surface area contributed by atoms with E-state index in [-0.39, 0.29) is 6.03 Å². The smallest absolute Gasteiger partial charge is 0.317 e. The SMILES string of the molecule is CCCN(C(=O)NCC)C1CNC1. The summed E-state index contributed by atoms with van der Waals surface area (Å²) < 4.78 is 0. The number of hydrogen-bond acceptors (Lipinski definition) is 2. The van der Waals surface area contributed by atoms with Gasteiger partial charge in [-0.1, -0.05) is 6.92 Å². The van der Waals surface area contributed by atoms with Crippen LogP contribution >= 0.6 is 0 Å². The maximum atomic E-state index is 11.6. The van der Waals surface area contributed by atoms with Gasteiger partial charge < -0.3 is 15.5 Å². The fraction of sp³-hybridized carbons (Fsp3) is 0.889. The van der Waals surface area contributed by atoms with Gasteiger partial charge in [0, 0.05) is 26.2 Å². The Kier molecular flexibility index (Phi) is 4.02. The molecule has 0 saturated carbocycles. The zero-order chi connectivity index (χ0) is 9.68. The van der Waals surface area contributed by atoms with Crippen LogP contribution in [0.3, 0.4) is 0 Å². The van der Waals surface area contributed by atoms with E-state index in [1.54, 1.807) is 0 Å². The minimum absolute atomic E-state index is 0.0795. The molecule has 1 fully saturated rings. The van der Waals surface area contributed by atoms with E-state index < -0.39 is 0 Å². The number of hydrogen-bond donors (Lipinski definition) is 2. The van der Waals surface area contributed by atoms with Crippen LogP contribution in [0.5, 0.6) is 0 Å². The molecule has 1 saturated heterocycles. The normalized spacial score (nSPS) is 16.5. The lowest BCUT2D eigenvalue weighted by atomic mass is 10.1. The molecule has 1 heterocycles. The van der Waals surface area contributed by atoms with Crippen molar-refractivity contribution in [2.45, 2.75) is 26.3 Å². The van der Waals surface area contributed by atoms with E-state index in [9.17, 15) is 4.79 Å². The Morgan fingerprint density at radius 2 is 2.23 bits per heavy atom. The third-order valence-corrected chi connectivity index (χ3v) is 2.25. The van der Waals surface area contributed by atoms with Crippen LogP contribution in [0.1, 0.15) is 20.3 Å². The number of amides is 2. The van der Waals surface area contributed by atoms with E-state index >= 15 is 0 Å². The van der Waals surface area contributed by atoms with Crippen LogP contribution in [0.25, 0.3) is 0 Å². The lowest BCUT2D eigenvalue weighted by Crippen LogP contribution is -2.60. The van der Waals surface area contributed by atoms with Crippen molar-refractivity contribution in [3.05, 3.63) is 0 Å². The Balaban J connectivity index is 2.40. The topological polar surface area (TPSA) is 44.4 Å². The average molecular weight is 185 g/mol. The molecule has 0 atom stereocenters. The number of urea groups is 1. The van der Waals surface area contributed by atoms with Gasteiger partial charge in [-0.15, -0.1) is 0 Å². The highest BCUT2D eigenvalue weighted by Gasteiger charge is 2.27. The quantitative estimate of drug-likeness (QED) is 0.666. The van der Waals surface area contributed by atoms with Crippen molar-refractivity contribution in [2.24, 2.45) is 0 Å². The summed E-state index contributed by atoms with van der Waals surface area (Å²) in [6.07, 6.45) is 1.02. The zero-order valence-corrected chi connectivity index (χ0v) is 8.47. The molecule has 4 nitrogen and oxygen atoms in total. The molecule has 0 unspecified atom stereocenters. The summed E-state index contributed by atoms with van der Waals surface area (Å²) in [7, 11) is 0. The maximum absolute atomic E-state index is 11.6. The van der Waals surface area contributed by atoms with Crippen molar-refractivity contribution < 1.29 is 4.79 Å². The number of rotatable bonds is 4. The number of carbonyl (C=O) groups excluding carboxylic acids is 1. The van der Waals surface area contributed by atoms with Crippen LogP contribution < -0.4 is 10.6 Å². The molecule has 2 N–H and O–H groups in total. The van der Waals surface area contributed by atoms with Gasteiger partial charge in [-0.3, -0.25) is 0 Å². The lowest BCUT2D eigenvalue weighted by molar-refractivity contribution is 0.150. The van der Waals surface area contributed by atoms with Gasteiger partial charge in [-0.2, -0.15) is 0 Å². The van der Waals surface area contributed by atoms with E-state index in [1.165, 1.54) is 0 Å². The van der Waals surface area contributed by atoms with Crippen LogP contribution in [0, 0.1) is 0 Å². The van der Waals surface area contributed by atoms with E-state index in [0.29, 0.717) is 12.6 Å². The van der Waals surface area contributed by atoms with Crippen LogP contribution in [-0.2, 0) is 0 Å². The highest BCUT2D eigenvalue weighted by Crippen LogP contribution is 2.05. The molecule has 4 heteroatoms. The third-order valence-electron chi connectivity index (χ3n) is 2.25. The molecule has 1 aliphatic heterocycles. The zero-order valence-electron chi connectivity index (χ0n) is 8.47. The average Bonchev–Trinajstić information content (AvgIpc) is 2.01. The summed E-state index contributed by atoms with van der Waals surface area (Å²) in [6, 6.07) is 0.488. The lowest BCUT2D eigenvalue weighted by Gasteiger charge is -2.38. The molecule has 0 aromatic carbocycles. The van der Waals surface area contributed by atoms with Crippen molar-refractivity contribution in [3.8, 4) is 0 Å². The molecule has 1 rings (SSSR count). The number of nitrogens with one attached hydrogen (secondary N) is 2. The third kappa shape index (κ3) is 2.59. The summed E-state index contributed by atoms with van der Waals surface area (Å²) >= 11 is 0. The molecule has 2 amide bonds. The van der Waals surface area contributed by atoms with Gasteiger partial charge in [-0.05, 0) is 13.3 Å². The van der Waals surface area contributed by atoms with Gasteiger partial charge in [0.25, 0.3) is 0 Å². The molecular formula is C9H19N3O. The van der Waals surface area contributed by atoms with Crippen molar-refractivity contribution in [1.29, 1.82) is 0 Å². The highest BCUT2D eigenvalue weighted by molar-refractivity contribution is 5.74. The van der Waals surface area contributed by atoms with Gasteiger partial charge >= 0.3 is 6.03 Å². The van der Waals surface area contributed by atoms with Crippen molar-refractivity contribution in [3.63, 3.8) is 0 Å². The Morgan fingerprint density at radius 3 is 2.62 bits per heavy atom. The highest BCUT2D eigenvalue weighted by atomic mass is 16.2. The second-order valence-electron chi connectivity index (χ2n) is 3.34. The second-order valence-corrected chi connectivity index (χ2v) is 3.34. The second kappa shape index (κ2) is 5.07. The van der Waals surface area contributed by atoms with Gasteiger partial charge in [-0.25, -0.2) is 4.79 Å². The molecule has 0 bridgehead atoms. The first-order chi connectivity index (χ1) is 6.29. The summed E-state index contributed by atoms with van der Waals surface area (Å²) in [4.78, 5) is 13.5. The molecule has 76 valence electrons. The maximum Gasteiger partial charge on any atom is 0.317 e. The molecule has 13 heavy (non-hydrogen) atoms. The predicted octanol–water partition coefficient (Wildman–Crippen LogP) is 0.400. The fourth-order valence-electron chi connectivity index (χ4n) is 1.44. The molecular weight excluding hydrogens is 166 g/mol. The monoisotopic (exact) mass is 185 g/mol. The molecule has 0 radical (unpaired) electrons. The van der Waals surface area contributed by atoms with E-state index in [4.69, 9.17) is 0 Å². The molecule has 0 aromatic heterocycles. The van der Waals surface area contributed by atoms with Crippen molar-refractivity contribution >= 4 is 6.03 Å². The van der Waals surface area contributed by atoms with Crippen LogP contribution in [0.2, 0.25) is 0 Å². The Labute approximate surface area is 79.7 Å². The minimum Gasteiger partial charge on any atom is -0.338 e. The Hall–Kier alpha value is -0.770. The van der Waals surface area contributed by atoms with Crippen molar-refractivity contribution in [1.82, 2.24) is 15.5 Å². The molecule has 0 spiro atoms. The van der Waals surface area contributed by atoms with Gasteiger partial charge in [0.1, 0.15) is 0 Å². The summed E-state index contributed by atoms with van der Waals surface area (Å²) in [5, 5.41) is 6.01. The molecule has 0 aliphatic carbocycles. The minimum atomic E-state index is 0.0795. The largest absolute Gasteiger partial charge is 0.338 e. The first kappa shape index (κ1) is 10.3. The van der Waals surface area contributed by atoms with E-state index in [0.717, 1.165) is 26.1 Å². The molecule has 1 aliphatic rings. The van der Waals surface area contributed by atoms with Crippen LogP contribution in [0.4, 0.5) is 4.79 Å². The fourth-order valence-corrected chi connectivity index (χ4v) is 1.44. The summed E-state index contributed by atoms with van der Waals surface area (Å²) in [5.74, 6) is 0. The summed E-state index contributed by atoms with van der Waals surface area (Å²) in [5.41, 5.74) is 0. The van der Waals surface area contributed by atoms with Gasteiger partial charge in [0.15, 0.2) is 0 Å². The number of nitrogens with zero attached hydrogens (tertiary/aromatic N) is 1. The Bertz CT molecular complexity index is 168. The van der Waals surface area contributed by atoms with Crippen LogP contribution in [-0.4, -0.2) is 43.2 Å². The standard InChI is InChI=1S/C9H19N3O/c1-3-5-12(8-6-10-7-8)9(13)11-4-2/h8,10H,3-7H2,1-2H3,(H,11,13). The Morgan fingerprint density at radius 1 is 1.54 bits per heavy atom. The van der Waals surface area contributed by atoms with Gasteiger partial charge in [0.05, 0.1) is 6.04 Å². The van der Waals surface area contributed by atoms with Crippen molar-refractivity contribution in [2.75, 3.05) is 26.2 Å². The first-order valence-electron chi connectivity index (χ1n) is 5.04. The van der Waals surface area contributed by atoms with Gasteiger partial charge in [0.2, 0.25) is 0 Å². The van der Waals surface area contributed by atoms with Crippen LogP contribution in [0.15, 0.2) is 0 Å².